The molecular weight excluding hydrogens is 641 g/mol. The molecule has 0 aliphatic carbocycles. The van der Waals surface area contributed by atoms with Gasteiger partial charge in [-0.1, -0.05) is 79.7 Å². The van der Waals surface area contributed by atoms with Crippen molar-refractivity contribution < 1.29 is 33.4 Å². The Morgan fingerprint density at radius 3 is 2.14 bits per heavy atom. The third kappa shape index (κ3) is 13.4. The van der Waals surface area contributed by atoms with Crippen molar-refractivity contribution in [2.24, 2.45) is 0 Å². The van der Waals surface area contributed by atoms with Gasteiger partial charge in [-0.25, -0.2) is 19.2 Å². The monoisotopic (exact) mass is 687 g/mol. The van der Waals surface area contributed by atoms with Crippen molar-refractivity contribution in [2.75, 3.05) is 25.6 Å². The predicted octanol–water partition coefficient (Wildman–Crippen LogP) is 5.76. The van der Waals surface area contributed by atoms with Crippen LogP contribution < -0.4 is 16.0 Å². The number of carbonyl (C=O) groups excluding carboxylic acids is 2. The number of anilines is 1. The van der Waals surface area contributed by atoms with E-state index in [0.717, 1.165) is 37.4 Å². The highest BCUT2D eigenvalue weighted by Gasteiger charge is 2.33. The largest absolute Gasteiger partial charge is 0.481 e. The molecule has 2 amide bonds. The van der Waals surface area contributed by atoms with E-state index in [-0.39, 0.29) is 11.9 Å². The topological polar surface area (TPSA) is 152 Å². The summed E-state index contributed by atoms with van der Waals surface area (Å²) in [6, 6.07) is 25.2. The number of halogens is 1. The Balaban J connectivity index is 0.000000437. The zero-order chi connectivity index (χ0) is 36.3. The van der Waals surface area contributed by atoms with Crippen LogP contribution in [0.25, 0.3) is 0 Å². The van der Waals surface area contributed by atoms with Gasteiger partial charge in [-0.2, -0.15) is 0 Å². The summed E-state index contributed by atoms with van der Waals surface area (Å²) in [6.45, 7) is 6.66. The van der Waals surface area contributed by atoms with Gasteiger partial charge in [0.25, 0.3) is 5.97 Å². The van der Waals surface area contributed by atoms with Crippen LogP contribution in [-0.4, -0.2) is 71.5 Å². The second-order valence-corrected chi connectivity index (χ2v) is 11.6. The van der Waals surface area contributed by atoms with Gasteiger partial charge in [0.2, 0.25) is 5.91 Å². The number of hydrogen-bond donors (Lipinski definition) is 4. The van der Waals surface area contributed by atoms with E-state index in [2.05, 4.69) is 32.8 Å². The summed E-state index contributed by atoms with van der Waals surface area (Å²) in [6.07, 6.45) is 4.75. The molecule has 1 aliphatic heterocycles. The lowest BCUT2D eigenvalue weighted by atomic mass is 9.84. The van der Waals surface area contributed by atoms with Crippen LogP contribution in [0.15, 0.2) is 97.5 Å². The number of carboxylic acids is 1. The first kappa shape index (κ1) is 39.2. The molecule has 11 nitrogen and oxygen atoms in total. The van der Waals surface area contributed by atoms with Gasteiger partial charge in [0, 0.05) is 25.4 Å². The number of aliphatic carboxylic acids is 1. The fraction of sp³-hybridized carbons (Fsp3) is 0.342. The molecule has 3 atom stereocenters. The number of rotatable bonds is 10. The molecule has 1 unspecified atom stereocenters. The summed E-state index contributed by atoms with van der Waals surface area (Å²) in [4.78, 5) is 43.7. The highest BCUT2D eigenvalue weighted by atomic mass is 19.1. The number of methoxy groups -OCH3 is 1. The van der Waals surface area contributed by atoms with E-state index in [1.807, 2.05) is 67.6 Å². The number of amides is 2. The molecule has 3 aromatic carbocycles. The first-order valence-corrected chi connectivity index (χ1v) is 16.4. The zero-order valence-corrected chi connectivity index (χ0v) is 28.8. The van der Waals surface area contributed by atoms with Crippen LogP contribution >= 0.6 is 0 Å². The number of nitrogens with one attached hydrogen (secondary N) is 3. The average molecular weight is 688 g/mol. The maximum Gasteiger partial charge on any atom is 0.407 e. The molecular formula is C38H46FN5O6. The third-order valence-corrected chi connectivity index (χ3v) is 7.75. The van der Waals surface area contributed by atoms with Crippen molar-refractivity contribution >= 4 is 23.7 Å². The van der Waals surface area contributed by atoms with Crippen molar-refractivity contribution in [3.8, 4) is 0 Å². The lowest BCUT2D eigenvalue weighted by Crippen LogP contribution is -2.48. The number of alkyl carbamates (subject to hydrolysis) is 1. The Morgan fingerprint density at radius 2 is 1.62 bits per heavy atom. The van der Waals surface area contributed by atoms with Crippen LogP contribution in [0.3, 0.4) is 0 Å². The first-order chi connectivity index (χ1) is 24.1. The lowest BCUT2D eigenvalue weighted by molar-refractivity contribution is -0.134. The maximum absolute atomic E-state index is 13.8. The molecule has 0 spiro atoms. The minimum atomic E-state index is -0.960. The predicted molar refractivity (Wildman–Crippen MR) is 189 cm³/mol. The van der Waals surface area contributed by atoms with E-state index in [1.54, 1.807) is 18.3 Å². The molecule has 2 heterocycles. The molecule has 266 valence electrons. The molecule has 0 radical (unpaired) electrons. The van der Waals surface area contributed by atoms with Crippen LogP contribution in [-0.2, 0) is 31.9 Å². The molecule has 0 bridgehead atoms. The van der Waals surface area contributed by atoms with E-state index < -0.39 is 29.9 Å². The number of carbonyl (C=O) groups is 3. The second kappa shape index (κ2) is 21.0. The quantitative estimate of drug-likeness (QED) is 0.163. The highest BCUT2D eigenvalue weighted by molar-refractivity contribution is 5.98. The van der Waals surface area contributed by atoms with E-state index in [1.165, 1.54) is 31.1 Å². The molecule has 50 heavy (non-hydrogen) atoms. The number of hydrogen-bond acceptors (Lipinski definition) is 8. The smallest absolute Gasteiger partial charge is 0.407 e. The molecule has 1 aromatic heterocycles. The average Bonchev–Trinajstić information content (AvgIpc) is 3.13. The number of aryl methyl sites for hydroxylation is 2. The molecule has 12 heteroatoms. The van der Waals surface area contributed by atoms with Crippen molar-refractivity contribution in [2.45, 2.75) is 64.1 Å². The zero-order valence-electron chi connectivity index (χ0n) is 28.8. The summed E-state index contributed by atoms with van der Waals surface area (Å²) in [7, 11) is 1.27. The first-order valence-electron chi connectivity index (χ1n) is 16.4. The minimum Gasteiger partial charge on any atom is -0.481 e. The van der Waals surface area contributed by atoms with Gasteiger partial charge < -0.3 is 30.5 Å². The number of aromatic nitrogens is 2. The minimum absolute atomic E-state index is 0.0731. The Morgan fingerprint density at radius 1 is 1.02 bits per heavy atom. The van der Waals surface area contributed by atoms with Crippen molar-refractivity contribution in [3.05, 3.63) is 126 Å². The number of nitrogens with zero attached hydrogens (tertiary/aromatic N) is 2. The lowest BCUT2D eigenvalue weighted by Gasteiger charge is -2.29. The van der Waals surface area contributed by atoms with Crippen LogP contribution in [0.4, 0.5) is 14.9 Å². The van der Waals surface area contributed by atoms with Gasteiger partial charge in [0.1, 0.15) is 18.2 Å². The second-order valence-electron chi connectivity index (χ2n) is 11.6. The van der Waals surface area contributed by atoms with E-state index >= 15 is 0 Å². The van der Waals surface area contributed by atoms with Crippen molar-refractivity contribution in [1.29, 1.82) is 0 Å². The van der Waals surface area contributed by atoms with Crippen LogP contribution in [0.2, 0.25) is 0 Å². The highest BCUT2D eigenvalue weighted by Crippen LogP contribution is 2.29. The van der Waals surface area contributed by atoms with Crippen LogP contribution in [0.1, 0.15) is 55.5 Å². The molecule has 4 N–H and O–H groups in total. The van der Waals surface area contributed by atoms with E-state index in [9.17, 15) is 14.0 Å². The standard InChI is InChI=1S/C28H33N5O4.C8H9F.C2H4O2/c1-19-17-37-22(15-30-19)13-14-23-24(16-29-18-31-23)32-27(34)26(33-28(35)36-2)25(20-9-5-3-6-10-20)21-11-7-4-8-12-21;1-2-7-3-5-8(9)6-4-7;1-2(3)4/h3-12,16,18-19,22,25-26,30H,13-15,17H2,1-2H3,(H,32,34)(H,33,35);3-6H,2H2,1H3;1H3,(H,3,4)/t19-,22-,26?;;/m1../s1. The van der Waals surface area contributed by atoms with Crippen LogP contribution in [0.5, 0.6) is 0 Å². The maximum atomic E-state index is 13.8. The molecule has 4 aromatic rings. The van der Waals surface area contributed by atoms with Gasteiger partial charge in [0.05, 0.1) is 37.4 Å². The number of ether oxygens (including phenoxy) is 2. The Hall–Kier alpha value is -5.20. The SMILES string of the molecule is CC(=O)O.CCc1ccc(F)cc1.COC(=O)NC(C(=O)Nc1cncnc1CC[C@@H]1CN[C@H](C)CO1)C(c1ccccc1)c1ccccc1. The summed E-state index contributed by atoms with van der Waals surface area (Å²) < 4.78 is 23.0. The van der Waals surface area contributed by atoms with Crippen molar-refractivity contribution in [1.82, 2.24) is 20.6 Å². The van der Waals surface area contributed by atoms with Gasteiger partial charge in [-0.15, -0.1) is 0 Å². The van der Waals surface area contributed by atoms with Gasteiger partial charge in [-0.3, -0.25) is 9.59 Å². The fourth-order valence-electron chi connectivity index (χ4n) is 5.19. The fourth-order valence-corrected chi connectivity index (χ4v) is 5.19. The molecule has 1 fully saturated rings. The summed E-state index contributed by atoms with van der Waals surface area (Å²) in [5.74, 6) is -1.85. The van der Waals surface area contributed by atoms with E-state index in [4.69, 9.17) is 19.4 Å². The number of morpholine rings is 1. The summed E-state index contributed by atoms with van der Waals surface area (Å²) in [5, 5.41) is 16.5. The summed E-state index contributed by atoms with van der Waals surface area (Å²) in [5.41, 5.74) is 4.15. The van der Waals surface area contributed by atoms with Gasteiger partial charge in [-0.05, 0) is 55.0 Å². The normalized spacial score (nSPS) is 15.6. The van der Waals surface area contributed by atoms with Crippen LogP contribution in [0, 0.1) is 5.82 Å². The molecule has 1 aliphatic rings. The van der Waals surface area contributed by atoms with Gasteiger partial charge in [0.15, 0.2) is 0 Å². The summed E-state index contributed by atoms with van der Waals surface area (Å²) >= 11 is 0. The molecule has 0 saturated carbocycles. The Kier molecular flexibility index (Phi) is 16.5. The molecule has 5 rings (SSSR count). The van der Waals surface area contributed by atoms with Crippen molar-refractivity contribution in [3.63, 3.8) is 0 Å². The van der Waals surface area contributed by atoms with E-state index in [0.29, 0.717) is 30.5 Å². The number of benzene rings is 3. The Bertz CT molecular complexity index is 1560. The molecule has 1 saturated heterocycles. The number of carboxylic acid groups (broad SMARTS) is 1. The Labute approximate surface area is 292 Å². The third-order valence-electron chi connectivity index (χ3n) is 7.75. The van der Waals surface area contributed by atoms with Gasteiger partial charge >= 0.3 is 6.09 Å².